The number of rotatable bonds is 3. The van der Waals surface area contributed by atoms with Gasteiger partial charge < -0.3 is 5.32 Å². The summed E-state index contributed by atoms with van der Waals surface area (Å²) in [5.74, 6) is 0.652. The van der Waals surface area contributed by atoms with Crippen LogP contribution in [0.2, 0.25) is 0 Å². The number of benzene rings is 2. The Balaban J connectivity index is 1.83. The Kier molecular flexibility index (Phi) is 3.65. The molecule has 0 spiro atoms. The van der Waals surface area contributed by atoms with Crippen molar-refractivity contribution in [3.8, 4) is 0 Å². The molecule has 1 N–H and O–H groups in total. The summed E-state index contributed by atoms with van der Waals surface area (Å²) in [5.41, 5.74) is 2.15. The molecule has 0 aliphatic heterocycles. The van der Waals surface area contributed by atoms with Crippen LogP contribution < -0.4 is 5.32 Å². The van der Waals surface area contributed by atoms with Gasteiger partial charge >= 0.3 is 0 Å². The lowest BCUT2D eigenvalue weighted by Gasteiger charge is -2.14. The van der Waals surface area contributed by atoms with E-state index in [1.807, 2.05) is 42.6 Å². The summed E-state index contributed by atoms with van der Waals surface area (Å²) >= 11 is 3.44. The van der Waals surface area contributed by atoms with Gasteiger partial charge in [0.2, 0.25) is 5.95 Å². The number of fused-ring (bicyclic) bond motifs is 1. The highest BCUT2D eigenvalue weighted by molar-refractivity contribution is 9.10. The number of hydrogen-bond acceptors (Lipinski definition) is 3. The number of anilines is 1. The molecule has 0 fully saturated rings. The van der Waals surface area contributed by atoms with Crippen LogP contribution in [-0.4, -0.2) is 9.97 Å². The molecule has 0 radical (unpaired) electrons. The zero-order chi connectivity index (χ0) is 13.9. The van der Waals surface area contributed by atoms with Gasteiger partial charge in [-0.3, -0.25) is 0 Å². The van der Waals surface area contributed by atoms with Crippen LogP contribution in [0.3, 0.4) is 0 Å². The van der Waals surface area contributed by atoms with Gasteiger partial charge in [0.15, 0.2) is 0 Å². The first-order valence-corrected chi connectivity index (χ1v) is 7.25. The quantitative estimate of drug-likeness (QED) is 0.765. The van der Waals surface area contributed by atoms with E-state index >= 15 is 0 Å². The molecule has 20 heavy (non-hydrogen) atoms. The number of para-hydroxylation sites is 1. The number of hydrogen-bond donors (Lipinski definition) is 1. The van der Waals surface area contributed by atoms with Crippen molar-refractivity contribution in [2.45, 2.75) is 13.0 Å². The maximum absolute atomic E-state index is 4.53. The normalized spacial score (nSPS) is 12.3. The molecule has 4 heteroatoms. The van der Waals surface area contributed by atoms with Gasteiger partial charge in [0.1, 0.15) is 0 Å². The van der Waals surface area contributed by atoms with Crippen LogP contribution in [0.15, 0.2) is 59.2 Å². The largest absolute Gasteiger partial charge is 0.348 e. The van der Waals surface area contributed by atoms with Crippen molar-refractivity contribution in [2.75, 3.05) is 5.32 Å². The molecular weight excluding hydrogens is 314 g/mol. The van der Waals surface area contributed by atoms with Crippen molar-refractivity contribution in [1.29, 1.82) is 0 Å². The van der Waals surface area contributed by atoms with Crippen molar-refractivity contribution < 1.29 is 0 Å². The average molecular weight is 328 g/mol. The molecule has 100 valence electrons. The predicted molar refractivity (Wildman–Crippen MR) is 85.7 cm³/mol. The van der Waals surface area contributed by atoms with Gasteiger partial charge in [-0.25, -0.2) is 9.97 Å². The van der Waals surface area contributed by atoms with Crippen molar-refractivity contribution in [1.82, 2.24) is 9.97 Å². The number of nitrogens with zero attached hydrogens (tertiary/aromatic N) is 2. The topological polar surface area (TPSA) is 37.8 Å². The van der Waals surface area contributed by atoms with Gasteiger partial charge in [-0.05, 0) is 30.7 Å². The summed E-state index contributed by atoms with van der Waals surface area (Å²) in [7, 11) is 0. The Bertz CT molecular complexity index is 725. The van der Waals surface area contributed by atoms with Crippen LogP contribution in [0.25, 0.3) is 10.9 Å². The van der Waals surface area contributed by atoms with Crippen molar-refractivity contribution in [3.05, 3.63) is 64.8 Å². The van der Waals surface area contributed by atoms with Gasteiger partial charge in [0.05, 0.1) is 11.6 Å². The minimum absolute atomic E-state index is 0.157. The molecule has 0 saturated heterocycles. The molecule has 0 bridgehead atoms. The van der Waals surface area contributed by atoms with Crippen LogP contribution in [0.5, 0.6) is 0 Å². The van der Waals surface area contributed by atoms with E-state index in [0.29, 0.717) is 5.95 Å². The Labute approximate surface area is 126 Å². The highest BCUT2D eigenvalue weighted by Gasteiger charge is 2.07. The monoisotopic (exact) mass is 327 g/mol. The number of aromatic nitrogens is 2. The van der Waals surface area contributed by atoms with Crippen LogP contribution in [0, 0.1) is 0 Å². The Morgan fingerprint density at radius 3 is 2.60 bits per heavy atom. The van der Waals surface area contributed by atoms with Crippen molar-refractivity contribution in [2.24, 2.45) is 0 Å². The third-order valence-corrected chi connectivity index (χ3v) is 3.73. The minimum atomic E-state index is 0.157. The Morgan fingerprint density at radius 2 is 1.80 bits per heavy atom. The first-order chi connectivity index (χ1) is 9.72. The molecule has 3 aromatic rings. The van der Waals surface area contributed by atoms with E-state index in [0.717, 1.165) is 15.4 Å². The summed E-state index contributed by atoms with van der Waals surface area (Å²) in [6.45, 7) is 2.10. The van der Waals surface area contributed by atoms with Crippen molar-refractivity contribution in [3.63, 3.8) is 0 Å². The van der Waals surface area contributed by atoms with E-state index in [1.165, 1.54) is 5.56 Å². The fraction of sp³-hybridized carbons (Fsp3) is 0.125. The first-order valence-electron chi connectivity index (χ1n) is 6.46. The van der Waals surface area contributed by atoms with E-state index in [9.17, 15) is 0 Å². The lowest BCUT2D eigenvalue weighted by atomic mass is 10.1. The van der Waals surface area contributed by atoms with E-state index in [-0.39, 0.29) is 6.04 Å². The Hall–Kier alpha value is -1.94. The van der Waals surface area contributed by atoms with Crippen LogP contribution in [-0.2, 0) is 0 Å². The summed E-state index contributed by atoms with van der Waals surface area (Å²) < 4.78 is 1.08. The molecule has 1 unspecified atom stereocenters. The van der Waals surface area contributed by atoms with E-state index in [1.54, 1.807) is 0 Å². The fourth-order valence-corrected chi connectivity index (χ4v) is 2.33. The molecule has 0 amide bonds. The van der Waals surface area contributed by atoms with Gasteiger partial charge in [-0.2, -0.15) is 0 Å². The fourth-order valence-electron chi connectivity index (χ4n) is 2.07. The molecule has 3 nitrogen and oxygen atoms in total. The third-order valence-electron chi connectivity index (χ3n) is 3.20. The molecule has 2 aromatic carbocycles. The molecule has 0 saturated carbocycles. The maximum Gasteiger partial charge on any atom is 0.223 e. The standard InChI is InChI=1S/C16H14BrN3/c1-11(12-6-8-14(17)9-7-12)19-16-18-10-13-4-2-3-5-15(13)20-16/h2-11H,1H3,(H,18,19,20). The van der Waals surface area contributed by atoms with Crippen LogP contribution in [0.1, 0.15) is 18.5 Å². The predicted octanol–water partition coefficient (Wildman–Crippen LogP) is 4.57. The van der Waals surface area contributed by atoms with Crippen LogP contribution in [0.4, 0.5) is 5.95 Å². The van der Waals surface area contributed by atoms with Gasteiger partial charge in [-0.15, -0.1) is 0 Å². The second-order valence-corrected chi connectivity index (χ2v) is 5.59. The lowest BCUT2D eigenvalue weighted by molar-refractivity contribution is 0.863. The molecule has 1 heterocycles. The SMILES string of the molecule is CC(Nc1ncc2ccccc2n1)c1ccc(Br)cc1. The number of halogens is 1. The summed E-state index contributed by atoms with van der Waals surface area (Å²) in [6, 6.07) is 16.4. The highest BCUT2D eigenvalue weighted by atomic mass is 79.9. The minimum Gasteiger partial charge on any atom is -0.348 e. The second kappa shape index (κ2) is 5.59. The average Bonchev–Trinajstić information content (AvgIpc) is 2.48. The van der Waals surface area contributed by atoms with Gasteiger partial charge in [0.25, 0.3) is 0 Å². The van der Waals surface area contributed by atoms with Crippen LogP contribution >= 0.6 is 15.9 Å². The molecular formula is C16H14BrN3. The molecule has 0 aliphatic rings. The molecule has 3 rings (SSSR count). The maximum atomic E-state index is 4.53. The second-order valence-electron chi connectivity index (χ2n) is 4.67. The van der Waals surface area contributed by atoms with Gasteiger partial charge in [-0.1, -0.05) is 46.3 Å². The third kappa shape index (κ3) is 2.80. The number of nitrogens with one attached hydrogen (secondary N) is 1. The van der Waals surface area contributed by atoms with Crippen molar-refractivity contribution >= 4 is 32.8 Å². The first kappa shape index (κ1) is 13.1. The highest BCUT2D eigenvalue weighted by Crippen LogP contribution is 2.20. The smallest absolute Gasteiger partial charge is 0.223 e. The summed E-state index contributed by atoms with van der Waals surface area (Å²) in [5, 5.41) is 4.38. The Morgan fingerprint density at radius 1 is 1.05 bits per heavy atom. The molecule has 1 aromatic heterocycles. The zero-order valence-electron chi connectivity index (χ0n) is 11.0. The van der Waals surface area contributed by atoms with E-state index in [4.69, 9.17) is 0 Å². The zero-order valence-corrected chi connectivity index (χ0v) is 12.6. The van der Waals surface area contributed by atoms with Gasteiger partial charge in [0, 0.05) is 16.1 Å². The lowest BCUT2D eigenvalue weighted by Crippen LogP contribution is -2.09. The summed E-state index contributed by atoms with van der Waals surface area (Å²) in [6.07, 6.45) is 1.85. The molecule has 0 aliphatic carbocycles. The van der Waals surface area contributed by atoms with E-state index < -0.39 is 0 Å². The summed E-state index contributed by atoms with van der Waals surface area (Å²) in [4.78, 5) is 8.89. The van der Waals surface area contributed by atoms with E-state index in [2.05, 4.69) is 50.3 Å². The molecule has 1 atom stereocenters.